The summed E-state index contributed by atoms with van der Waals surface area (Å²) in [5.74, 6) is -2.72. The van der Waals surface area contributed by atoms with Crippen molar-refractivity contribution in [3.8, 4) is 17.2 Å². The average Bonchev–Trinajstić information content (AvgIpc) is 2.87. The van der Waals surface area contributed by atoms with Crippen LogP contribution in [0.5, 0.6) is 17.2 Å². The van der Waals surface area contributed by atoms with Gasteiger partial charge in [-0.25, -0.2) is 4.79 Å². The number of aliphatic hydroxyl groups is 2. The summed E-state index contributed by atoms with van der Waals surface area (Å²) in [4.78, 5) is 17.5. The first-order valence-electron chi connectivity index (χ1n) is 10.7. The van der Waals surface area contributed by atoms with Crippen LogP contribution in [0.1, 0.15) is 15.9 Å². The number of aromatic nitrogens is 1. The van der Waals surface area contributed by atoms with E-state index >= 15 is 0 Å². The molecule has 0 saturated carbocycles. The number of rotatable bonds is 13. The van der Waals surface area contributed by atoms with Crippen molar-refractivity contribution >= 4 is 17.3 Å². The summed E-state index contributed by atoms with van der Waals surface area (Å²) in [6, 6.07) is 10.8. The number of halogens is 4. The Morgan fingerprint density at radius 2 is 1.59 bits per heavy atom. The molecule has 0 amide bonds. The molecule has 0 fully saturated rings. The number of benzene rings is 2. The number of ether oxygens (including phenoxy) is 3. The fourth-order valence-electron chi connectivity index (χ4n) is 3.27. The first-order valence-corrected chi connectivity index (χ1v) is 10.7. The van der Waals surface area contributed by atoms with Gasteiger partial charge in [-0.05, 0) is 42.0 Å². The molecule has 3 N–H and O–H groups in total. The maximum atomic E-state index is 13.0. The van der Waals surface area contributed by atoms with Gasteiger partial charge in [0, 0.05) is 36.4 Å². The van der Waals surface area contributed by atoms with E-state index in [2.05, 4.69) is 14.5 Å². The van der Waals surface area contributed by atoms with Crippen LogP contribution in [0, 0.1) is 0 Å². The fraction of sp³-hybridized carbons (Fsp3) is 0.250. The van der Waals surface area contributed by atoms with Crippen LogP contribution in [0.2, 0.25) is 0 Å². The Hall–Kier alpha value is -4.10. The average molecular weight is 526 g/mol. The number of hydrogen-bond acceptors (Lipinski definition) is 8. The molecule has 0 radical (unpaired) electrons. The maximum absolute atomic E-state index is 13.0. The molecule has 0 saturated heterocycles. The van der Waals surface area contributed by atoms with Crippen molar-refractivity contribution in [1.82, 2.24) is 4.98 Å². The Labute approximate surface area is 208 Å². The summed E-state index contributed by atoms with van der Waals surface area (Å²) in [5.41, 5.74) is 0.805. The predicted octanol–water partition coefficient (Wildman–Crippen LogP) is 4.05. The quantitative estimate of drug-likeness (QED) is 0.283. The summed E-state index contributed by atoms with van der Waals surface area (Å²) >= 11 is 0. The smallest absolute Gasteiger partial charge is 0.387 e. The lowest BCUT2D eigenvalue weighted by Gasteiger charge is -2.27. The molecule has 37 heavy (non-hydrogen) atoms. The largest absolute Gasteiger partial charge is 0.490 e. The second kappa shape index (κ2) is 12.7. The van der Waals surface area contributed by atoms with Crippen LogP contribution in [-0.2, 0) is 6.54 Å². The van der Waals surface area contributed by atoms with E-state index in [1.165, 1.54) is 41.6 Å². The molecule has 13 heteroatoms. The van der Waals surface area contributed by atoms with E-state index in [9.17, 15) is 32.6 Å². The number of aromatic carboxylic acids is 1. The highest BCUT2D eigenvalue weighted by molar-refractivity contribution is 5.92. The Bertz CT molecular complexity index is 1190. The highest BCUT2D eigenvalue weighted by Gasteiger charge is 2.21. The van der Waals surface area contributed by atoms with E-state index in [4.69, 9.17) is 9.84 Å². The molecule has 0 aliphatic heterocycles. The minimum atomic E-state index is -3.33. The van der Waals surface area contributed by atoms with Crippen molar-refractivity contribution in [3.05, 3.63) is 72.1 Å². The predicted molar refractivity (Wildman–Crippen MR) is 122 cm³/mol. The highest BCUT2D eigenvalue weighted by Crippen LogP contribution is 2.38. The molecular formula is C24H22F4N2O7. The van der Waals surface area contributed by atoms with Crippen molar-refractivity contribution in [2.75, 3.05) is 18.1 Å². The van der Waals surface area contributed by atoms with Gasteiger partial charge in [-0.2, -0.15) is 17.6 Å². The van der Waals surface area contributed by atoms with Gasteiger partial charge in [-0.3, -0.25) is 4.98 Å². The Morgan fingerprint density at radius 3 is 2.19 bits per heavy atom. The van der Waals surface area contributed by atoms with Gasteiger partial charge in [-0.15, -0.1) is 0 Å². The molecule has 198 valence electrons. The van der Waals surface area contributed by atoms with E-state index in [0.717, 1.165) is 12.1 Å². The lowest BCUT2D eigenvalue weighted by atomic mass is 10.1. The molecule has 0 spiro atoms. The summed E-state index contributed by atoms with van der Waals surface area (Å²) < 4.78 is 65.5. The molecular weight excluding hydrogens is 504 g/mol. The molecule has 0 bridgehead atoms. The van der Waals surface area contributed by atoms with Crippen molar-refractivity contribution in [2.45, 2.75) is 25.9 Å². The number of pyridine rings is 1. The molecule has 1 atom stereocenters. The SMILES string of the molecule is O=C(O)c1cc(N(Cc2cccnc2)c2ccc(OC(F)F)c(OC(F)F)c2)ccc1OC[C@H](O)CO. The summed E-state index contributed by atoms with van der Waals surface area (Å²) in [6.07, 6.45) is 1.84. The number of carbonyl (C=O) groups is 1. The number of anilines is 2. The third-order valence-corrected chi connectivity index (χ3v) is 4.88. The van der Waals surface area contributed by atoms with Crippen molar-refractivity contribution in [2.24, 2.45) is 0 Å². The van der Waals surface area contributed by atoms with E-state index in [1.807, 2.05) is 0 Å². The summed E-state index contributed by atoms with van der Waals surface area (Å²) in [7, 11) is 0. The number of nitrogens with zero attached hydrogens (tertiary/aromatic N) is 2. The maximum Gasteiger partial charge on any atom is 0.387 e. The molecule has 1 aromatic heterocycles. The topological polar surface area (TPSA) is 122 Å². The van der Waals surface area contributed by atoms with Gasteiger partial charge in [0.25, 0.3) is 0 Å². The fourth-order valence-corrected chi connectivity index (χ4v) is 3.27. The lowest BCUT2D eigenvalue weighted by molar-refractivity contribution is -0.0692. The first kappa shape index (κ1) is 27.5. The van der Waals surface area contributed by atoms with Gasteiger partial charge in [0.15, 0.2) is 11.5 Å². The van der Waals surface area contributed by atoms with E-state index < -0.39 is 43.4 Å². The van der Waals surface area contributed by atoms with Crippen LogP contribution in [0.15, 0.2) is 60.9 Å². The molecule has 0 aliphatic carbocycles. The van der Waals surface area contributed by atoms with Gasteiger partial charge in [0.1, 0.15) is 24.0 Å². The van der Waals surface area contributed by atoms with Crippen molar-refractivity contribution in [3.63, 3.8) is 0 Å². The van der Waals surface area contributed by atoms with Crippen LogP contribution >= 0.6 is 0 Å². The molecule has 9 nitrogen and oxygen atoms in total. The minimum Gasteiger partial charge on any atom is -0.490 e. The molecule has 0 aliphatic rings. The molecule has 1 heterocycles. The van der Waals surface area contributed by atoms with Crippen LogP contribution in [0.4, 0.5) is 28.9 Å². The monoisotopic (exact) mass is 526 g/mol. The van der Waals surface area contributed by atoms with Crippen LogP contribution in [-0.4, -0.2) is 58.8 Å². The number of carboxylic acids is 1. The van der Waals surface area contributed by atoms with Crippen LogP contribution in [0.3, 0.4) is 0 Å². The van der Waals surface area contributed by atoms with Gasteiger partial charge in [0.2, 0.25) is 0 Å². The zero-order valence-corrected chi connectivity index (χ0v) is 19.0. The minimum absolute atomic E-state index is 0.0689. The van der Waals surface area contributed by atoms with E-state index in [1.54, 1.807) is 12.1 Å². The number of carboxylic acid groups (broad SMARTS) is 1. The van der Waals surface area contributed by atoms with E-state index in [-0.39, 0.29) is 35.8 Å². The van der Waals surface area contributed by atoms with Gasteiger partial charge in [-0.1, -0.05) is 6.07 Å². The normalized spacial score (nSPS) is 11.9. The molecule has 3 aromatic rings. The molecule has 2 aromatic carbocycles. The number of aliphatic hydroxyl groups excluding tert-OH is 2. The second-order valence-corrected chi connectivity index (χ2v) is 7.47. The zero-order chi connectivity index (χ0) is 26.9. The third-order valence-electron chi connectivity index (χ3n) is 4.88. The molecule has 0 unspecified atom stereocenters. The number of hydrogen-bond donors (Lipinski definition) is 3. The van der Waals surface area contributed by atoms with Crippen molar-refractivity contribution < 1.29 is 51.9 Å². The second-order valence-electron chi connectivity index (χ2n) is 7.47. The summed E-state index contributed by atoms with van der Waals surface area (Å²) in [5, 5.41) is 28.2. The highest BCUT2D eigenvalue weighted by atomic mass is 19.3. The van der Waals surface area contributed by atoms with Crippen molar-refractivity contribution in [1.29, 1.82) is 0 Å². The van der Waals surface area contributed by atoms with E-state index in [0.29, 0.717) is 5.56 Å². The lowest BCUT2D eigenvalue weighted by Crippen LogP contribution is -2.22. The zero-order valence-electron chi connectivity index (χ0n) is 19.0. The molecule has 3 rings (SSSR count). The Balaban J connectivity index is 2.07. The third kappa shape index (κ3) is 7.69. The van der Waals surface area contributed by atoms with Gasteiger partial charge < -0.3 is 34.4 Å². The van der Waals surface area contributed by atoms with Gasteiger partial charge in [0.05, 0.1) is 6.61 Å². The Kier molecular flexibility index (Phi) is 9.46. The summed E-state index contributed by atoms with van der Waals surface area (Å²) in [6.45, 7) is -7.50. The van der Waals surface area contributed by atoms with Crippen LogP contribution < -0.4 is 19.1 Å². The standard InChI is InChI=1S/C24H22F4N2O7/c25-23(26)36-20-6-4-16(9-21(20)37-24(27)28)30(11-14-2-1-7-29-10-14)15-3-5-19(18(8-15)22(33)34)35-13-17(32)12-31/h1-10,17,23-24,31-32H,11-13H2,(H,33,34)/t17-/m1/s1. The van der Waals surface area contributed by atoms with Gasteiger partial charge >= 0.3 is 19.2 Å². The van der Waals surface area contributed by atoms with Crippen LogP contribution in [0.25, 0.3) is 0 Å². The number of alkyl halides is 4. The Morgan fingerprint density at radius 1 is 0.946 bits per heavy atom. The first-order chi connectivity index (χ1) is 17.7.